The Bertz CT molecular complexity index is 678. The zero-order valence-electron chi connectivity index (χ0n) is 15.4. The molecule has 0 amide bonds. The van der Waals surface area contributed by atoms with Crippen molar-refractivity contribution in [1.82, 2.24) is 4.90 Å². The van der Waals surface area contributed by atoms with Crippen LogP contribution in [0.15, 0.2) is 59.8 Å². The zero-order chi connectivity index (χ0) is 17.7. The molecule has 0 aliphatic carbocycles. The average molecular weight is 325 g/mol. The molecule has 0 saturated heterocycles. The van der Waals surface area contributed by atoms with E-state index in [0.29, 0.717) is 0 Å². The predicted molar refractivity (Wildman–Crippen MR) is 102 cm³/mol. The van der Waals surface area contributed by atoms with Crippen molar-refractivity contribution in [2.75, 3.05) is 40.2 Å². The summed E-state index contributed by atoms with van der Waals surface area (Å²) in [5, 5.41) is 4.40. The van der Waals surface area contributed by atoms with Gasteiger partial charge >= 0.3 is 0 Å². The van der Waals surface area contributed by atoms with Gasteiger partial charge in [0.1, 0.15) is 12.8 Å². The minimum atomic E-state index is -0.406. The molecule has 0 aromatic heterocycles. The Kier molecular flexibility index (Phi) is 5.62. The number of anilines is 1. The van der Waals surface area contributed by atoms with Crippen LogP contribution in [0, 0.1) is 0 Å². The molecule has 0 N–H and O–H groups in total. The summed E-state index contributed by atoms with van der Waals surface area (Å²) in [6.45, 7) is 2.17. The molecular weight excluding hydrogens is 298 g/mol. The monoisotopic (exact) mass is 325 g/mol. The first-order chi connectivity index (χ1) is 11.4. The highest BCUT2D eigenvalue weighted by molar-refractivity contribution is 6.07. The molecule has 2 aromatic carbocycles. The van der Waals surface area contributed by atoms with Crippen LogP contribution in [0.5, 0.6) is 0 Å². The third-order valence-electron chi connectivity index (χ3n) is 4.53. The topological polar surface area (TPSA) is 28.1 Å². The fraction of sp³-hybridized carbons (Fsp3) is 0.350. The minimum absolute atomic E-state index is 0.406. The number of hydrogen-bond acceptors (Lipinski definition) is 4. The van der Waals surface area contributed by atoms with E-state index in [4.69, 9.17) is 4.84 Å². The Hall–Kier alpha value is -2.33. The summed E-state index contributed by atoms with van der Waals surface area (Å²) in [5.74, 6) is 0. The second kappa shape index (κ2) is 7.49. The largest absolute Gasteiger partial charge is 0.399 e. The minimum Gasteiger partial charge on any atom is -0.399 e. The van der Waals surface area contributed by atoms with Crippen molar-refractivity contribution in [3.8, 4) is 0 Å². The molecule has 1 unspecified atom stereocenters. The van der Waals surface area contributed by atoms with Crippen LogP contribution in [0.3, 0.4) is 0 Å². The maximum absolute atomic E-state index is 5.20. The molecule has 2 rings (SSSR count). The van der Waals surface area contributed by atoms with Gasteiger partial charge in [-0.05, 0) is 38.7 Å². The molecule has 24 heavy (non-hydrogen) atoms. The van der Waals surface area contributed by atoms with Gasteiger partial charge in [-0.1, -0.05) is 47.6 Å². The lowest BCUT2D eigenvalue weighted by molar-refractivity contribution is 0.196. The Labute approximate surface area is 145 Å². The highest BCUT2D eigenvalue weighted by Gasteiger charge is 2.36. The lowest BCUT2D eigenvalue weighted by Gasteiger charge is -2.38. The third-order valence-corrected chi connectivity index (χ3v) is 4.53. The number of hydrogen-bond donors (Lipinski definition) is 0. The second-order valence-electron chi connectivity index (χ2n) is 6.40. The predicted octanol–water partition coefficient (Wildman–Crippen LogP) is 3.58. The van der Waals surface area contributed by atoms with Gasteiger partial charge in [0.2, 0.25) is 0 Å². The SMILES string of the molecule is CO/N=C(\c1ccc(N(C)C)cc1)C(C)(c1ccccc1)N(C)C. The van der Waals surface area contributed by atoms with E-state index in [2.05, 4.69) is 84.5 Å². The molecular formula is C20H27N3O. The van der Waals surface area contributed by atoms with Crippen LogP contribution in [-0.4, -0.2) is 45.9 Å². The Morgan fingerprint density at radius 2 is 1.50 bits per heavy atom. The van der Waals surface area contributed by atoms with E-state index in [1.165, 1.54) is 5.56 Å². The summed E-state index contributed by atoms with van der Waals surface area (Å²) >= 11 is 0. The van der Waals surface area contributed by atoms with E-state index in [9.17, 15) is 0 Å². The fourth-order valence-corrected chi connectivity index (χ4v) is 2.80. The number of benzene rings is 2. The van der Waals surface area contributed by atoms with Crippen molar-refractivity contribution >= 4 is 11.4 Å². The number of likely N-dealkylation sites (N-methyl/N-ethyl adjacent to an activating group) is 1. The fourth-order valence-electron chi connectivity index (χ4n) is 2.80. The molecule has 0 aliphatic heterocycles. The Morgan fingerprint density at radius 1 is 0.917 bits per heavy atom. The van der Waals surface area contributed by atoms with Crippen LogP contribution in [-0.2, 0) is 10.4 Å². The van der Waals surface area contributed by atoms with Gasteiger partial charge in [0.15, 0.2) is 0 Å². The molecule has 2 aromatic rings. The zero-order valence-corrected chi connectivity index (χ0v) is 15.4. The molecule has 0 heterocycles. The highest BCUT2D eigenvalue weighted by atomic mass is 16.6. The maximum Gasteiger partial charge on any atom is 0.111 e. The molecule has 0 radical (unpaired) electrons. The van der Waals surface area contributed by atoms with Gasteiger partial charge in [0.05, 0.1) is 5.54 Å². The van der Waals surface area contributed by atoms with Crippen LogP contribution in [0.4, 0.5) is 5.69 Å². The van der Waals surface area contributed by atoms with Crippen molar-refractivity contribution < 1.29 is 4.84 Å². The molecule has 0 bridgehead atoms. The molecule has 4 nitrogen and oxygen atoms in total. The van der Waals surface area contributed by atoms with Gasteiger partial charge in [0.25, 0.3) is 0 Å². The quantitative estimate of drug-likeness (QED) is 0.600. The van der Waals surface area contributed by atoms with Gasteiger partial charge in [-0.2, -0.15) is 0 Å². The van der Waals surface area contributed by atoms with E-state index >= 15 is 0 Å². The lowest BCUT2D eigenvalue weighted by Crippen LogP contribution is -2.46. The average Bonchev–Trinajstić information content (AvgIpc) is 2.59. The van der Waals surface area contributed by atoms with Crippen LogP contribution >= 0.6 is 0 Å². The van der Waals surface area contributed by atoms with Crippen LogP contribution in [0.1, 0.15) is 18.1 Å². The van der Waals surface area contributed by atoms with Crippen LogP contribution in [0.2, 0.25) is 0 Å². The van der Waals surface area contributed by atoms with Crippen molar-refractivity contribution in [2.45, 2.75) is 12.5 Å². The molecule has 1 atom stereocenters. The number of oxime groups is 1. The van der Waals surface area contributed by atoms with Crippen molar-refractivity contribution in [2.24, 2.45) is 5.16 Å². The summed E-state index contributed by atoms with van der Waals surface area (Å²) in [6, 6.07) is 18.8. The third kappa shape index (κ3) is 3.44. The van der Waals surface area contributed by atoms with E-state index in [1.54, 1.807) is 7.11 Å². The summed E-state index contributed by atoms with van der Waals surface area (Å²) in [6.07, 6.45) is 0. The molecule has 0 fully saturated rings. The van der Waals surface area contributed by atoms with Crippen LogP contribution < -0.4 is 4.90 Å². The van der Waals surface area contributed by atoms with Gasteiger partial charge in [-0.25, -0.2) is 0 Å². The van der Waals surface area contributed by atoms with E-state index in [1.807, 2.05) is 20.2 Å². The lowest BCUT2D eigenvalue weighted by atomic mass is 9.82. The highest BCUT2D eigenvalue weighted by Crippen LogP contribution is 2.31. The van der Waals surface area contributed by atoms with Gasteiger partial charge in [0, 0.05) is 25.3 Å². The van der Waals surface area contributed by atoms with E-state index in [0.717, 1.165) is 17.0 Å². The number of nitrogens with zero attached hydrogens (tertiary/aromatic N) is 3. The Balaban J connectivity index is 2.57. The second-order valence-corrected chi connectivity index (χ2v) is 6.40. The Morgan fingerprint density at radius 3 is 1.96 bits per heavy atom. The first-order valence-corrected chi connectivity index (χ1v) is 8.03. The van der Waals surface area contributed by atoms with Crippen molar-refractivity contribution in [3.05, 3.63) is 65.7 Å². The van der Waals surface area contributed by atoms with Gasteiger partial charge in [-0.15, -0.1) is 0 Å². The summed E-state index contributed by atoms with van der Waals surface area (Å²) < 4.78 is 0. The summed E-state index contributed by atoms with van der Waals surface area (Å²) in [7, 11) is 9.79. The summed E-state index contributed by atoms with van der Waals surface area (Å²) in [5.41, 5.74) is 3.84. The molecule has 0 saturated carbocycles. The van der Waals surface area contributed by atoms with E-state index in [-0.39, 0.29) is 0 Å². The van der Waals surface area contributed by atoms with Crippen LogP contribution in [0.25, 0.3) is 0 Å². The van der Waals surface area contributed by atoms with Gasteiger partial charge in [-0.3, -0.25) is 4.90 Å². The molecule has 0 aliphatic rings. The first-order valence-electron chi connectivity index (χ1n) is 8.03. The number of rotatable bonds is 6. The normalized spacial score (nSPS) is 14.4. The van der Waals surface area contributed by atoms with Crippen molar-refractivity contribution in [1.29, 1.82) is 0 Å². The molecule has 0 spiro atoms. The first kappa shape index (κ1) is 18.0. The maximum atomic E-state index is 5.20. The molecule has 128 valence electrons. The van der Waals surface area contributed by atoms with Gasteiger partial charge < -0.3 is 9.74 Å². The van der Waals surface area contributed by atoms with Crippen molar-refractivity contribution in [3.63, 3.8) is 0 Å². The molecule has 4 heteroatoms. The standard InChI is InChI=1S/C20H27N3O/c1-20(23(4)5,17-10-8-7-9-11-17)19(21-24-6)16-12-14-18(15-13-16)22(2)3/h7-15H,1-6H3/b21-19+. The smallest absolute Gasteiger partial charge is 0.111 e. The van der Waals surface area contributed by atoms with E-state index < -0.39 is 5.54 Å². The summed E-state index contributed by atoms with van der Waals surface area (Å²) in [4.78, 5) is 9.45.